The van der Waals surface area contributed by atoms with E-state index in [0.29, 0.717) is 0 Å². The number of aromatic nitrogens is 2. The average Bonchev–Trinajstić information content (AvgIpc) is 2.97. The molecule has 1 aromatic heterocycles. The molecule has 1 aliphatic rings. The number of aryl methyl sites for hydroxylation is 1. The summed E-state index contributed by atoms with van der Waals surface area (Å²) in [5.41, 5.74) is 2.54. The van der Waals surface area contributed by atoms with Crippen LogP contribution in [0.1, 0.15) is 34.1 Å². The fourth-order valence-electron chi connectivity index (χ4n) is 2.94. The van der Waals surface area contributed by atoms with Gasteiger partial charge in [0.1, 0.15) is 0 Å². The Morgan fingerprint density at radius 2 is 1.79 bits per heavy atom. The molecule has 24 heavy (non-hydrogen) atoms. The third-order valence-electron chi connectivity index (χ3n) is 5.17. The summed E-state index contributed by atoms with van der Waals surface area (Å²) in [6.45, 7) is 10.3. The predicted octanol–water partition coefficient (Wildman–Crippen LogP) is 2.29. The van der Waals surface area contributed by atoms with Crippen molar-refractivity contribution in [2.45, 2.75) is 51.9 Å². The first-order valence-electron chi connectivity index (χ1n) is 8.65. The number of rotatable bonds is 5. The molecule has 0 amide bonds. The van der Waals surface area contributed by atoms with Crippen LogP contribution in [0.4, 0.5) is 0 Å². The molecular formula is C18H28BN3O2. The summed E-state index contributed by atoms with van der Waals surface area (Å²) < 4.78 is 14.5. The molecule has 5 nitrogen and oxygen atoms in total. The maximum atomic E-state index is 6.13. The Balaban J connectivity index is 1.78. The molecule has 1 saturated heterocycles. The molecular weight excluding hydrogens is 301 g/mol. The smallest absolute Gasteiger partial charge is 0.399 e. The van der Waals surface area contributed by atoms with Crippen molar-refractivity contribution in [3.05, 3.63) is 24.5 Å². The molecule has 2 aromatic rings. The van der Waals surface area contributed by atoms with Gasteiger partial charge in [0.25, 0.3) is 0 Å². The summed E-state index contributed by atoms with van der Waals surface area (Å²) >= 11 is 0. The first-order valence-corrected chi connectivity index (χ1v) is 8.65. The van der Waals surface area contributed by atoms with Gasteiger partial charge in [-0.3, -0.25) is 0 Å². The van der Waals surface area contributed by atoms with Crippen molar-refractivity contribution in [3.63, 3.8) is 0 Å². The van der Waals surface area contributed by atoms with Crippen LogP contribution in [-0.2, 0) is 15.9 Å². The zero-order valence-electron chi connectivity index (χ0n) is 15.7. The molecule has 0 aliphatic carbocycles. The molecule has 3 rings (SSSR count). The summed E-state index contributed by atoms with van der Waals surface area (Å²) in [5, 5.41) is 0. The molecule has 0 radical (unpaired) electrons. The standard InChI is InChI=1S/C18H28BN3O2/c1-17(2)18(3,4)24-19(23-17)14-8-9-16-15(12-14)20-13-22(16)11-7-10-21(5)6/h8-9,12-13H,7,10-11H2,1-6H3. The molecule has 2 heterocycles. The van der Waals surface area contributed by atoms with Gasteiger partial charge in [-0.1, -0.05) is 6.07 Å². The van der Waals surface area contributed by atoms with Gasteiger partial charge < -0.3 is 18.8 Å². The van der Waals surface area contributed by atoms with E-state index in [0.717, 1.165) is 36.0 Å². The minimum Gasteiger partial charge on any atom is -0.399 e. The number of nitrogens with zero attached hydrogens (tertiary/aromatic N) is 3. The fraction of sp³-hybridized carbons (Fsp3) is 0.611. The lowest BCUT2D eigenvalue weighted by molar-refractivity contribution is 0.00578. The van der Waals surface area contributed by atoms with Gasteiger partial charge in [-0.05, 0) is 72.4 Å². The second kappa shape index (κ2) is 6.17. The zero-order valence-corrected chi connectivity index (χ0v) is 15.7. The number of benzene rings is 1. The van der Waals surface area contributed by atoms with Crippen molar-refractivity contribution in [2.24, 2.45) is 0 Å². The lowest BCUT2D eigenvalue weighted by atomic mass is 9.79. The average molecular weight is 329 g/mol. The Hall–Kier alpha value is -1.37. The molecule has 0 saturated carbocycles. The van der Waals surface area contributed by atoms with E-state index in [4.69, 9.17) is 9.31 Å². The molecule has 0 atom stereocenters. The van der Waals surface area contributed by atoms with Crippen LogP contribution in [0.15, 0.2) is 24.5 Å². The lowest BCUT2D eigenvalue weighted by Crippen LogP contribution is -2.41. The Labute approximate surface area is 145 Å². The van der Waals surface area contributed by atoms with E-state index >= 15 is 0 Å². The van der Waals surface area contributed by atoms with Crippen LogP contribution in [0.5, 0.6) is 0 Å². The van der Waals surface area contributed by atoms with E-state index < -0.39 is 0 Å². The highest BCUT2D eigenvalue weighted by Crippen LogP contribution is 2.36. The highest BCUT2D eigenvalue weighted by Gasteiger charge is 2.51. The van der Waals surface area contributed by atoms with Gasteiger partial charge in [0.05, 0.1) is 28.6 Å². The van der Waals surface area contributed by atoms with Gasteiger partial charge >= 0.3 is 7.12 Å². The molecule has 6 heteroatoms. The molecule has 0 unspecified atom stereocenters. The van der Waals surface area contributed by atoms with E-state index in [9.17, 15) is 0 Å². The summed E-state index contributed by atoms with van der Waals surface area (Å²) in [7, 11) is 3.87. The highest BCUT2D eigenvalue weighted by atomic mass is 16.7. The van der Waals surface area contributed by atoms with Gasteiger partial charge in [0.2, 0.25) is 0 Å². The van der Waals surface area contributed by atoms with Crippen LogP contribution in [-0.4, -0.2) is 53.4 Å². The van der Waals surface area contributed by atoms with Crippen LogP contribution in [0, 0.1) is 0 Å². The van der Waals surface area contributed by atoms with Crippen LogP contribution in [0.25, 0.3) is 11.0 Å². The van der Waals surface area contributed by atoms with E-state index in [2.05, 4.69) is 74.4 Å². The fourth-order valence-corrected chi connectivity index (χ4v) is 2.94. The van der Waals surface area contributed by atoms with Crippen molar-refractivity contribution < 1.29 is 9.31 Å². The minimum atomic E-state index is -0.335. The largest absolute Gasteiger partial charge is 0.494 e. The van der Waals surface area contributed by atoms with Crippen LogP contribution >= 0.6 is 0 Å². The Morgan fingerprint density at radius 1 is 1.12 bits per heavy atom. The molecule has 130 valence electrons. The van der Waals surface area contributed by atoms with Crippen molar-refractivity contribution in [1.82, 2.24) is 14.5 Å². The number of fused-ring (bicyclic) bond motifs is 1. The monoisotopic (exact) mass is 329 g/mol. The SMILES string of the molecule is CN(C)CCCn1cnc2cc(B3OC(C)(C)C(C)(C)O3)ccc21. The van der Waals surface area contributed by atoms with Crippen molar-refractivity contribution in [2.75, 3.05) is 20.6 Å². The van der Waals surface area contributed by atoms with E-state index in [1.807, 2.05) is 6.33 Å². The van der Waals surface area contributed by atoms with Crippen LogP contribution in [0.3, 0.4) is 0 Å². The quantitative estimate of drug-likeness (QED) is 0.789. The summed E-state index contributed by atoms with van der Waals surface area (Å²) in [6, 6.07) is 6.30. The Bertz CT molecular complexity index is 708. The van der Waals surface area contributed by atoms with Gasteiger partial charge in [-0.25, -0.2) is 4.98 Å². The Kier molecular flexibility index (Phi) is 4.49. The highest BCUT2D eigenvalue weighted by molar-refractivity contribution is 6.62. The molecule has 1 aliphatic heterocycles. The first kappa shape index (κ1) is 17.5. The first-order chi connectivity index (χ1) is 11.2. The van der Waals surface area contributed by atoms with Crippen LogP contribution in [0.2, 0.25) is 0 Å². The topological polar surface area (TPSA) is 39.5 Å². The summed E-state index contributed by atoms with van der Waals surface area (Å²) in [4.78, 5) is 6.76. The van der Waals surface area contributed by atoms with E-state index in [1.54, 1.807) is 0 Å². The summed E-state index contributed by atoms with van der Waals surface area (Å²) in [6.07, 6.45) is 3.03. The van der Waals surface area contributed by atoms with Crippen molar-refractivity contribution >= 4 is 23.6 Å². The van der Waals surface area contributed by atoms with E-state index in [-0.39, 0.29) is 18.3 Å². The second-order valence-electron chi connectivity index (χ2n) is 7.93. The third-order valence-corrected chi connectivity index (χ3v) is 5.17. The molecule has 0 spiro atoms. The molecule has 0 N–H and O–H groups in total. The zero-order chi connectivity index (χ0) is 17.5. The molecule has 1 aromatic carbocycles. The molecule has 1 fully saturated rings. The normalized spacial score (nSPS) is 19.5. The van der Waals surface area contributed by atoms with E-state index in [1.165, 1.54) is 0 Å². The number of hydrogen-bond acceptors (Lipinski definition) is 4. The second-order valence-corrected chi connectivity index (χ2v) is 7.93. The van der Waals surface area contributed by atoms with Crippen molar-refractivity contribution in [1.29, 1.82) is 0 Å². The van der Waals surface area contributed by atoms with Gasteiger partial charge in [-0.2, -0.15) is 0 Å². The molecule has 0 bridgehead atoms. The summed E-state index contributed by atoms with van der Waals surface area (Å²) in [5.74, 6) is 0. The van der Waals surface area contributed by atoms with Crippen LogP contribution < -0.4 is 5.46 Å². The van der Waals surface area contributed by atoms with Gasteiger partial charge in [0.15, 0.2) is 0 Å². The maximum absolute atomic E-state index is 6.13. The minimum absolute atomic E-state index is 0.321. The van der Waals surface area contributed by atoms with Gasteiger partial charge in [-0.15, -0.1) is 0 Å². The predicted molar refractivity (Wildman–Crippen MR) is 98.6 cm³/mol. The van der Waals surface area contributed by atoms with Crippen molar-refractivity contribution in [3.8, 4) is 0 Å². The van der Waals surface area contributed by atoms with Gasteiger partial charge in [0, 0.05) is 6.54 Å². The Morgan fingerprint density at radius 3 is 2.42 bits per heavy atom. The third kappa shape index (κ3) is 3.23. The lowest BCUT2D eigenvalue weighted by Gasteiger charge is -2.32. The maximum Gasteiger partial charge on any atom is 0.494 e. The number of imidazole rings is 1. The number of hydrogen-bond donors (Lipinski definition) is 0.